The number of rotatable bonds is 6. The van der Waals surface area contributed by atoms with Gasteiger partial charge in [0.2, 0.25) is 11.8 Å². The lowest BCUT2D eigenvalue weighted by Crippen LogP contribution is -2.18. The quantitative estimate of drug-likeness (QED) is 0.650. The van der Waals surface area contributed by atoms with Crippen molar-refractivity contribution in [3.05, 3.63) is 34.0 Å². The topological polar surface area (TPSA) is 98.8 Å². The van der Waals surface area contributed by atoms with Gasteiger partial charge in [-0.05, 0) is 27.2 Å². The Morgan fingerprint density at radius 1 is 1.41 bits per heavy atom. The lowest BCUT2D eigenvalue weighted by Gasteiger charge is -2.14. The van der Waals surface area contributed by atoms with E-state index in [1.807, 2.05) is 6.92 Å². The Balaban J connectivity index is 2.51. The molecule has 118 valence electrons. The first kappa shape index (κ1) is 15.9. The van der Waals surface area contributed by atoms with Crippen LogP contribution < -0.4 is 5.32 Å². The number of nitrogens with zero attached hydrogens (tertiary/aromatic N) is 5. The van der Waals surface area contributed by atoms with Gasteiger partial charge in [-0.25, -0.2) is 9.97 Å². The second-order valence-corrected chi connectivity index (χ2v) is 5.24. The molecule has 0 aliphatic rings. The summed E-state index contributed by atoms with van der Waals surface area (Å²) >= 11 is 0. The molecule has 0 aromatic carbocycles. The van der Waals surface area contributed by atoms with Gasteiger partial charge >= 0.3 is 5.69 Å². The van der Waals surface area contributed by atoms with Gasteiger partial charge in [0.15, 0.2) is 0 Å². The van der Waals surface area contributed by atoms with Crippen molar-refractivity contribution in [3.8, 4) is 5.82 Å². The molecule has 0 saturated carbocycles. The third-order valence-corrected chi connectivity index (χ3v) is 3.37. The van der Waals surface area contributed by atoms with E-state index in [0.29, 0.717) is 17.5 Å². The van der Waals surface area contributed by atoms with Crippen LogP contribution in [0.25, 0.3) is 5.82 Å². The minimum absolute atomic E-state index is 0.102. The molecule has 1 atom stereocenters. The standard InChI is InChI=1S/C14H20N6O2/c1-5-6-9(2)16-14-17-10(3)12(20(21)22)13(18-14)19-8-7-15-11(19)4/h7-9H,5-6H2,1-4H3,(H,16,17,18). The summed E-state index contributed by atoms with van der Waals surface area (Å²) in [5.74, 6) is 1.26. The molecule has 0 saturated heterocycles. The lowest BCUT2D eigenvalue weighted by atomic mass is 10.2. The summed E-state index contributed by atoms with van der Waals surface area (Å²) in [6.07, 6.45) is 5.25. The Labute approximate surface area is 128 Å². The highest BCUT2D eigenvalue weighted by molar-refractivity contribution is 5.54. The summed E-state index contributed by atoms with van der Waals surface area (Å²) in [5, 5.41) is 14.5. The Hall–Kier alpha value is -2.51. The molecule has 22 heavy (non-hydrogen) atoms. The molecule has 2 rings (SSSR count). The zero-order valence-electron chi connectivity index (χ0n) is 13.2. The number of aryl methyl sites for hydroxylation is 2. The molecule has 0 radical (unpaired) electrons. The highest BCUT2D eigenvalue weighted by Gasteiger charge is 2.24. The molecule has 0 aliphatic carbocycles. The highest BCUT2D eigenvalue weighted by atomic mass is 16.6. The van der Waals surface area contributed by atoms with Gasteiger partial charge in [0, 0.05) is 18.4 Å². The summed E-state index contributed by atoms with van der Waals surface area (Å²) in [4.78, 5) is 23.6. The Morgan fingerprint density at radius 3 is 2.68 bits per heavy atom. The van der Waals surface area contributed by atoms with Gasteiger partial charge < -0.3 is 5.32 Å². The molecule has 1 unspecified atom stereocenters. The number of imidazole rings is 1. The van der Waals surface area contributed by atoms with Crippen molar-refractivity contribution < 1.29 is 4.92 Å². The van der Waals surface area contributed by atoms with E-state index in [9.17, 15) is 10.1 Å². The maximum absolute atomic E-state index is 11.4. The van der Waals surface area contributed by atoms with Gasteiger partial charge in [-0.3, -0.25) is 14.7 Å². The molecule has 2 aromatic rings. The van der Waals surface area contributed by atoms with Crippen LogP contribution in [-0.2, 0) is 0 Å². The number of nitro groups is 1. The van der Waals surface area contributed by atoms with Crippen molar-refractivity contribution in [1.82, 2.24) is 19.5 Å². The van der Waals surface area contributed by atoms with E-state index in [2.05, 4.69) is 27.2 Å². The van der Waals surface area contributed by atoms with Gasteiger partial charge in [-0.1, -0.05) is 13.3 Å². The Kier molecular flexibility index (Phi) is 4.69. The van der Waals surface area contributed by atoms with Crippen molar-refractivity contribution in [2.24, 2.45) is 0 Å². The number of anilines is 1. The second kappa shape index (κ2) is 6.50. The summed E-state index contributed by atoms with van der Waals surface area (Å²) in [5.41, 5.74) is 0.226. The van der Waals surface area contributed by atoms with Crippen molar-refractivity contribution in [2.45, 2.75) is 46.6 Å². The molecule has 8 heteroatoms. The third-order valence-electron chi connectivity index (χ3n) is 3.37. The van der Waals surface area contributed by atoms with Gasteiger partial charge in [0.25, 0.3) is 0 Å². The van der Waals surface area contributed by atoms with Crippen molar-refractivity contribution in [1.29, 1.82) is 0 Å². The van der Waals surface area contributed by atoms with Crippen molar-refractivity contribution in [2.75, 3.05) is 5.32 Å². The van der Waals surface area contributed by atoms with E-state index in [-0.39, 0.29) is 17.5 Å². The fourth-order valence-corrected chi connectivity index (χ4v) is 2.33. The number of aromatic nitrogens is 4. The molecule has 0 fully saturated rings. The largest absolute Gasteiger partial charge is 0.352 e. The fourth-order valence-electron chi connectivity index (χ4n) is 2.33. The monoisotopic (exact) mass is 304 g/mol. The van der Waals surface area contributed by atoms with Crippen molar-refractivity contribution >= 4 is 11.6 Å². The molecule has 0 aliphatic heterocycles. The van der Waals surface area contributed by atoms with Crippen LogP contribution in [0.3, 0.4) is 0 Å². The molecule has 1 N–H and O–H groups in total. The van der Waals surface area contributed by atoms with Gasteiger partial charge in [-0.15, -0.1) is 0 Å². The highest BCUT2D eigenvalue weighted by Crippen LogP contribution is 2.26. The van der Waals surface area contributed by atoms with Gasteiger partial charge in [0.1, 0.15) is 11.5 Å². The molecule has 2 heterocycles. The Bertz CT molecular complexity index is 682. The summed E-state index contributed by atoms with van der Waals surface area (Å²) in [6.45, 7) is 7.52. The summed E-state index contributed by atoms with van der Waals surface area (Å²) in [7, 11) is 0. The minimum atomic E-state index is -0.455. The number of nitrogens with one attached hydrogen (secondary N) is 1. The van der Waals surface area contributed by atoms with Crippen LogP contribution in [0.2, 0.25) is 0 Å². The third kappa shape index (κ3) is 3.21. The predicted molar refractivity (Wildman–Crippen MR) is 83.3 cm³/mol. The summed E-state index contributed by atoms with van der Waals surface area (Å²) in [6, 6.07) is 0.197. The molecular formula is C14H20N6O2. The first-order valence-corrected chi connectivity index (χ1v) is 7.24. The average molecular weight is 304 g/mol. The van der Waals surface area contributed by atoms with Crippen LogP contribution >= 0.6 is 0 Å². The van der Waals surface area contributed by atoms with Crippen LogP contribution in [0, 0.1) is 24.0 Å². The van der Waals surface area contributed by atoms with Crippen LogP contribution in [0.4, 0.5) is 11.6 Å². The maximum Gasteiger partial charge on any atom is 0.333 e. The van der Waals surface area contributed by atoms with E-state index < -0.39 is 4.92 Å². The lowest BCUT2D eigenvalue weighted by molar-refractivity contribution is -0.385. The fraction of sp³-hybridized carbons (Fsp3) is 0.500. The van der Waals surface area contributed by atoms with Crippen LogP contribution in [0.15, 0.2) is 12.4 Å². The van der Waals surface area contributed by atoms with E-state index in [1.54, 1.807) is 30.8 Å². The Morgan fingerprint density at radius 2 is 2.14 bits per heavy atom. The zero-order valence-corrected chi connectivity index (χ0v) is 13.2. The van der Waals surface area contributed by atoms with E-state index in [0.717, 1.165) is 12.8 Å². The molecule has 0 spiro atoms. The molecule has 0 amide bonds. The predicted octanol–water partition coefficient (Wildman–Crippen LogP) is 2.79. The minimum Gasteiger partial charge on any atom is -0.352 e. The SMILES string of the molecule is CCCC(C)Nc1nc(C)c([N+](=O)[O-])c(-n2ccnc2C)n1. The van der Waals surface area contributed by atoms with Gasteiger partial charge in [0.05, 0.1) is 4.92 Å². The van der Waals surface area contributed by atoms with Crippen LogP contribution in [0.1, 0.15) is 38.2 Å². The maximum atomic E-state index is 11.4. The molecule has 8 nitrogen and oxygen atoms in total. The average Bonchev–Trinajstić information content (AvgIpc) is 2.83. The van der Waals surface area contributed by atoms with Crippen LogP contribution in [0.5, 0.6) is 0 Å². The second-order valence-electron chi connectivity index (χ2n) is 5.24. The van der Waals surface area contributed by atoms with E-state index in [1.165, 1.54) is 0 Å². The molecular weight excluding hydrogens is 284 g/mol. The number of hydrogen-bond acceptors (Lipinski definition) is 6. The smallest absolute Gasteiger partial charge is 0.333 e. The number of hydrogen-bond donors (Lipinski definition) is 1. The first-order chi connectivity index (χ1) is 10.4. The van der Waals surface area contributed by atoms with Gasteiger partial charge in [-0.2, -0.15) is 4.98 Å². The summed E-state index contributed by atoms with van der Waals surface area (Å²) < 4.78 is 1.60. The van der Waals surface area contributed by atoms with Crippen molar-refractivity contribution in [3.63, 3.8) is 0 Å². The van der Waals surface area contributed by atoms with Crippen LogP contribution in [-0.4, -0.2) is 30.5 Å². The molecule has 0 bridgehead atoms. The normalized spacial score (nSPS) is 12.2. The first-order valence-electron chi connectivity index (χ1n) is 7.24. The van der Waals surface area contributed by atoms with E-state index >= 15 is 0 Å². The molecule has 2 aromatic heterocycles. The van der Waals surface area contributed by atoms with E-state index in [4.69, 9.17) is 0 Å². The zero-order chi connectivity index (χ0) is 16.3.